The second-order valence-corrected chi connectivity index (χ2v) is 9.94. The molecule has 1 saturated heterocycles. The molecule has 1 aliphatic rings. The smallest absolute Gasteiger partial charge is 0.235 e. The van der Waals surface area contributed by atoms with Crippen LogP contribution in [0.2, 0.25) is 0 Å². The molecule has 152 valence electrons. The maximum atomic E-state index is 12.8. The van der Waals surface area contributed by atoms with Crippen molar-refractivity contribution in [1.82, 2.24) is 15.1 Å². The third kappa shape index (κ3) is 5.38. The van der Waals surface area contributed by atoms with E-state index >= 15 is 0 Å². The van der Waals surface area contributed by atoms with Crippen LogP contribution < -0.4 is 10.1 Å². The van der Waals surface area contributed by atoms with E-state index in [-0.39, 0.29) is 11.2 Å². The summed E-state index contributed by atoms with van der Waals surface area (Å²) in [5, 5.41) is 12.2. The lowest BCUT2D eigenvalue weighted by atomic mass is 9.92. The van der Waals surface area contributed by atoms with Crippen LogP contribution in [0, 0.1) is 11.8 Å². The Labute approximate surface area is 175 Å². The van der Waals surface area contributed by atoms with Crippen molar-refractivity contribution in [3.8, 4) is 5.75 Å². The highest BCUT2D eigenvalue weighted by molar-refractivity contribution is 8.02. The normalized spacial score (nSPS) is 20.6. The maximum Gasteiger partial charge on any atom is 0.235 e. The first-order valence-electron chi connectivity index (χ1n) is 9.74. The van der Waals surface area contributed by atoms with Gasteiger partial charge in [0.2, 0.25) is 11.0 Å². The standard InChI is InChI=1S/C20H28N4O2S2/c1-5-26-17-9-7-6-8-16(17)21-19-22-23-20(28-19)27-15(4)18(25)24-11-13(2)10-14(3)12-24/h6-9,13-15H,5,10-12H2,1-4H3,(H,21,22). The lowest BCUT2D eigenvalue weighted by Crippen LogP contribution is -2.45. The average Bonchev–Trinajstić information content (AvgIpc) is 3.09. The molecule has 6 nitrogen and oxygen atoms in total. The van der Waals surface area contributed by atoms with E-state index in [2.05, 4.69) is 29.4 Å². The van der Waals surface area contributed by atoms with Crippen molar-refractivity contribution in [2.45, 2.75) is 43.7 Å². The number of hydrogen-bond acceptors (Lipinski definition) is 7. The topological polar surface area (TPSA) is 67.3 Å². The number of rotatable bonds is 7. The van der Waals surface area contributed by atoms with Gasteiger partial charge >= 0.3 is 0 Å². The highest BCUT2D eigenvalue weighted by Gasteiger charge is 2.29. The molecule has 2 aromatic rings. The number of benzene rings is 1. The Hall–Kier alpha value is -1.80. The third-order valence-electron chi connectivity index (χ3n) is 4.64. The quantitative estimate of drug-likeness (QED) is 0.657. The fourth-order valence-corrected chi connectivity index (χ4v) is 5.57. The first-order valence-corrected chi connectivity index (χ1v) is 11.4. The Balaban J connectivity index is 1.60. The monoisotopic (exact) mass is 420 g/mol. The van der Waals surface area contributed by atoms with Crippen molar-refractivity contribution in [2.24, 2.45) is 11.8 Å². The minimum Gasteiger partial charge on any atom is -0.492 e. The molecule has 1 aromatic heterocycles. The number of amides is 1. The summed E-state index contributed by atoms with van der Waals surface area (Å²) in [6, 6.07) is 7.75. The minimum absolute atomic E-state index is 0.172. The second-order valence-electron chi connectivity index (χ2n) is 7.38. The van der Waals surface area contributed by atoms with Crippen LogP contribution in [0.5, 0.6) is 5.75 Å². The number of anilines is 2. The number of carbonyl (C=O) groups is 1. The summed E-state index contributed by atoms with van der Waals surface area (Å²) in [4.78, 5) is 14.8. The third-order valence-corrected chi connectivity index (χ3v) is 6.65. The van der Waals surface area contributed by atoms with Crippen LogP contribution in [0.4, 0.5) is 10.8 Å². The van der Waals surface area contributed by atoms with E-state index in [0.717, 1.165) is 28.9 Å². The van der Waals surface area contributed by atoms with Crippen LogP contribution in [-0.4, -0.2) is 46.0 Å². The Morgan fingerprint density at radius 2 is 2.04 bits per heavy atom. The zero-order valence-corrected chi connectivity index (χ0v) is 18.5. The van der Waals surface area contributed by atoms with Gasteiger partial charge < -0.3 is 15.0 Å². The SMILES string of the molecule is CCOc1ccccc1Nc1nnc(SC(C)C(=O)N2CC(C)CC(C)C2)s1. The molecule has 0 spiro atoms. The number of hydrogen-bond donors (Lipinski definition) is 1. The first kappa shape index (κ1) is 20.9. The van der Waals surface area contributed by atoms with Gasteiger partial charge in [0.25, 0.3) is 0 Å². The van der Waals surface area contributed by atoms with E-state index in [1.807, 2.05) is 43.0 Å². The molecule has 1 aliphatic heterocycles. The van der Waals surface area contributed by atoms with E-state index < -0.39 is 0 Å². The Bertz CT molecular complexity index is 788. The summed E-state index contributed by atoms with van der Waals surface area (Å²) >= 11 is 2.93. The number of para-hydroxylation sites is 2. The van der Waals surface area contributed by atoms with Crippen LogP contribution in [0.3, 0.4) is 0 Å². The highest BCUT2D eigenvalue weighted by atomic mass is 32.2. The molecule has 0 saturated carbocycles. The van der Waals surface area contributed by atoms with E-state index in [9.17, 15) is 4.79 Å². The molecule has 1 fully saturated rings. The zero-order chi connectivity index (χ0) is 20.1. The van der Waals surface area contributed by atoms with E-state index in [0.29, 0.717) is 23.6 Å². The number of likely N-dealkylation sites (tertiary alicyclic amines) is 1. The van der Waals surface area contributed by atoms with E-state index in [1.54, 1.807) is 0 Å². The van der Waals surface area contributed by atoms with Gasteiger partial charge in [-0.15, -0.1) is 10.2 Å². The lowest BCUT2D eigenvalue weighted by molar-refractivity contribution is -0.132. The molecule has 3 atom stereocenters. The maximum absolute atomic E-state index is 12.8. The van der Waals surface area contributed by atoms with Gasteiger partial charge in [-0.3, -0.25) is 4.79 Å². The predicted molar refractivity (Wildman–Crippen MR) is 116 cm³/mol. The molecule has 1 N–H and O–H groups in total. The molecule has 1 aromatic carbocycles. The summed E-state index contributed by atoms with van der Waals surface area (Å²) < 4.78 is 6.42. The number of thioether (sulfide) groups is 1. The summed E-state index contributed by atoms with van der Waals surface area (Å²) in [5.41, 5.74) is 0.859. The number of carbonyl (C=O) groups excluding carboxylic acids is 1. The van der Waals surface area contributed by atoms with E-state index in [1.165, 1.54) is 29.5 Å². The summed E-state index contributed by atoms with van der Waals surface area (Å²) in [5.74, 6) is 2.10. The molecule has 0 radical (unpaired) electrons. The first-order chi connectivity index (χ1) is 13.5. The largest absolute Gasteiger partial charge is 0.492 e. The lowest BCUT2D eigenvalue weighted by Gasteiger charge is -2.36. The van der Waals surface area contributed by atoms with Crippen molar-refractivity contribution in [3.05, 3.63) is 24.3 Å². The van der Waals surface area contributed by atoms with Crippen LogP contribution >= 0.6 is 23.1 Å². The summed E-state index contributed by atoms with van der Waals surface area (Å²) in [7, 11) is 0. The summed E-state index contributed by atoms with van der Waals surface area (Å²) in [6.07, 6.45) is 1.19. The van der Waals surface area contributed by atoms with Crippen LogP contribution in [0.15, 0.2) is 28.6 Å². The fraction of sp³-hybridized carbons (Fsp3) is 0.550. The van der Waals surface area contributed by atoms with Crippen LogP contribution in [0.25, 0.3) is 0 Å². The molecule has 0 bridgehead atoms. The molecule has 1 amide bonds. The van der Waals surface area contributed by atoms with Gasteiger partial charge in [0.1, 0.15) is 5.75 Å². The van der Waals surface area contributed by atoms with Crippen molar-refractivity contribution >= 4 is 39.8 Å². The Kier molecular flexibility index (Phi) is 7.18. The van der Waals surface area contributed by atoms with Crippen LogP contribution in [-0.2, 0) is 4.79 Å². The molecule has 8 heteroatoms. The molecule has 0 aliphatic carbocycles. The predicted octanol–water partition coefficient (Wildman–Crippen LogP) is 4.67. The number of piperidine rings is 1. The van der Waals surface area contributed by atoms with Gasteiger partial charge in [-0.25, -0.2) is 0 Å². The van der Waals surface area contributed by atoms with Gasteiger partial charge in [-0.2, -0.15) is 0 Å². The number of aromatic nitrogens is 2. The van der Waals surface area contributed by atoms with Gasteiger partial charge in [-0.05, 0) is 44.2 Å². The zero-order valence-electron chi connectivity index (χ0n) is 16.8. The van der Waals surface area contributed by atoms with Crippen molar-refractivity contribution in [2.75, 3.05) is 25.0 Å². The van der Waals surface area contributed by atoms with E-state index in [4.69, 9.17) is 4.74 Å². The molecular formula is C20H28N4O2S2. The van der Waals surface area contributed by atoms with Gasteiger partial charge in [0.05, 0.1) is 17.5 Å². The Morgan fingerprint density at radius 1 is 1.32 bits per heavy atom. The number of nitrogens with zero attached hydrogens (tertiary/aromatic N) is 3. The van der Waals surface area contributed by atoms with Gasteiger partial charge in [0, 0.05) is 13.1 Å². The minimum atomic E-state index is -0.172. The van der Waals surface area contributed by atoms with Crippen molar-refractivity contribution in [1.29, 1.82) is 0 Å². The average molecular weight is 421 g/mol. The fourth-order valence-electron chi connectivity index (χ4n) is 3.58. The molecular weight excluding hydrogens is 392 g/mol. The van der Waals surface area contributed by atoms with Crippen LogP contribution in [0.1, 0.15) is 34.1 Å². The highest BCUT2D eigenvalue weighted by Crippen LogP contribution is 2.34. The number of ether oxygens (including phenoxy) is 1. The molecule has 2 heterocycles. The van der Waals surface area contributed by atoms with Gasteiger partial charge in [0.15, 0.2) is 4.34 Å². The van der Waals surface area contributed by atoms with Crippen molar-refractivity contribution < 1.29 is 9.53 Å². The molecule has 3 rings (SSSR count). The number of nitrogens with one attached hydrogen (secondary N) is 1. The molecule has 28 heavy (non-hydrogen) atoms. The Morgan fingerprint density at radius 3 is 2.75 bits per heavy atom. The molecule has 3 unspecified atom stereocenters. The summed E-state index contributed by atoms with van der Waals surface area (Å²) in [6.45, 7) is 10.7. The van der Waals surface area contributed by atoms with Gasteiger partial charge in [-0.1, -0.05) is 49.1 Å². The second kappa shape index (κ2) is 9.60. The van der Waals surface area contributed by atoms with Crippen molar-refractivity contribution in [3.63, 3.8) is 0 Å².